The molecule has 1 rings (SSSR count). The summed E-state index contributed by atoms with van der Waals surface area (Å²) >= 11 is 0. The number of carbonyl (C=O) groups excluding carboxylic acids is 1. The van der Waals surface area contributed by atoms with Crippen LogP contribution < -0.4 is 5.73 Å². The zero-order valence-electron chi connectivity index (χ0n) is 10.3. The van der Waals surface area contributed by atoms with Crippen molar-refractivity contribution in [2.75, 3.05) is 20.3 Å². The van der Waals surface area contributed by atoms with Gasteiger partial charge in [0.1, 0.15) is 0 Å². The van der Waals surface area contributed by atoms with Crippen molar-refractivity contribution in [3.63, 3.8) is 0 Å². The van der Waals surface area contributed by atoms with Crippen LogP contribution in [0.15, 0.2) is 30.3 Å². The standard InChI is InChI=1S/C13H19NO3/c1-3-17-12(15)9-13(14,10-16-2)11-7-5-4-6-8-11/h4-8H,3,9-10,14H2,1-2H3. The Labute approximate surface area is 102 Å². The van der Waals surface area contributed by atoms with Gasteiger partial charge in [-0.25, -0.2) is 0 Å². The number of esters is 1. The summed E-state index contributed by atoms with van der Waals surface area (Å²) in [6, 6.07) is 9.45. The molecule has 0 saturated carbocycles. The highest BCUT2D eigenvalue weighted by molar-refractivity contribution is 5.71. The molecule has 1 atom stereocenters. The van der Waals surface area contributed by atoms with Crippen molar-refractivity contribution in [2.24, 2.45) is 5.73 Å². The first-order valence-corrected chi connectivity index (χ1v) is 5.61. The molecule has 1 unspecified atom stereocenters. The van der Waals surface area contributed by atoms with Gasteiger partial charge in [-0.15, -0.1) is 0 Å². The summed E-state index contributed by atoms with van der Waals surface area (Å²) in [5, 5.41) is 0. The van der Waals surface area contributed by atoms with E-state index in [4.69, 9.17) is 15.2 Å². The second-order valence-electron chi connectivity index (χ2n) is 3.94. The highest BCUT2D eigenvalue weighted by Gasteiger charge is 2.31. The molecule has 0 radical (unpaired) electrons. The van der Waals surface area contributed by atoms with Gasteiger partial charge in [-0.2, -0.15) is 0 Å². The molecule has 1 aromatic rings. The molecule has 0 spiro atoms. The Morgan fingerprint density at radius 3 is 2.53 bits per heavy atom. The monoisotopic (exact) mass is 237 g/mol. The third kappa shape index (κ3) is 3.84. The molecule has 94 valence electrons. The topological polar surface area (TPSA) is 61.5 Å². The van der Waals surface area contributed by atoms with Crippen molar-refractivity contribution < 1.29 is 14.3 Å². The van der Waals surface area contributed by atoms with Crippen LogP contribution in [0.25, 0.3) is 0 Å². The van der Waals surface area contributed by atoms with Gasteiger partial charge in [-0.05, 0) is 12.5 Å². The summed E-state index contributed by atoms with van der Waals surface area (Å²) in [4.78, 5) is 11.5. The molecular weight excluding hydrogens is 218 g/mol. The van der Waals surface area contributed by atoms with Crippen molar-refractivity contribution in [3.05, 3.63) is 35.9 Å². The Hall–Kier alpha value is -1.39. The fraction of sp³-hybridized carbons (Fsp3) is 0.462. The van der Waals surface area contributed by atoms with E-state index in [-0.39, 0.29) is 19.0 Å². The second kappa shape index (κ2) is 6.37. The third-order valence-corrected chi connectivity index (χ3v) is 2.52. The molecule has 0 saturated heterocycles. The van der Waals surface area contributed by atoms with Crippen LogP contribution in [0.1, 0.15) is 18.9 Å². The molecule has 4 nitrogen and oxygen atoms in total. The second-order valence-corrected chi connectivity index (χ2v) is 3.94. The average molecular weight is 237 g/mol. The lowest BCUT2D eigenvalue weighted by atomic mass is 9.88. The number of hydrogen-bond acceptors (Lipinski definition) is 4. The first kappa shape index (κ1) is 13.7. The molecular formula is C13H19NO3. The number of ether oxygens (including phenoxy) is 2. The first-order chi connectivity index (χ1) is 8.12. The highest BCUT2D eigenvalue weighted by atomic mass is 16.5. The van der Waals surface area contributed by atoms with Crippen LogP contribution in [0.2, 0.25) is 0 Å². The Balaban J connectivity index is 2.86. The van der Waals surface area contributed by atoms with Crippen LogP contribution in [0, 0.1) is 0 Å². The van der Waals surface area contributed by atoms with Gasteiger partial charge in [0.25, 0.3) is 0 Å². The van der Waals surface area contributed by atoms with Gasteiger partial charge < -0.3 is 15.2 Å². The van der Waals surface area contributed by atoms with Gasteiger partial charge in [0.15, 0.2) is 0 Å². The van der Waals surface area contributed by atoms with E-state index in [1.807, 2.05) is 30.3 Å². The SMILES string of the molecule is CCOC(=O)CC(N)(COC)c1ccccc1. The van der Waals surface area contributed by atoms with Gasteiger partial charge in [0.05, 0.1) is 25.2 Å². The summed E-state index contributed by atoms with van der Waals surface area (Å²) in [5.74, 6) is -0.309. The summed E-state index contributed by atoms with van der Waals surface area (Å²) in [6.07, 6.45) is 0.110. The molecule has 17 heavy (non-hydrogen) atoms. The van der Waals surface area contributed by atoms with Crippen LogP contribution >= 0.6 is 0 Å². The quantitative estimate of drug-likeness (QED) is 0.760. The number of hydrogen-bond donors (Lipinski definition) is 1. The lowest BCUT2D eigenvalue weighted by Crippen LogP contribution is -2.43. The fourth-order valence-corrected chi connectivity index (χ4v) is 1.73. The largest absolute Gasteiger partial charge is 0.466 e. The predicted molar refractivity (Wildman–Crippen MR) is 65.4 cm³/mol. The van der Waals surface area contributed by atoms with Crippen LogP contribution in [-0.4, -0.2) is 26.3 Å². The fourth-order valence-electron chi connectivity index (χ4n) is 1.73. The summed E-state index contributed by atoms with van der Waals surface area (Å²) < 4.78 is 10.0. The maximum atomic E-state index is 11.5. The van der Waals surface area contributed by atoms with Crippen LogP contribution in [0.5, 0.6) is 0 Å². The van der Waals surface area contributed by atoms with E-state index >= 15 is 0 Å². The smallest absolute Gasteiger partial charge is 0.308 e. The maximum Gasteiger partial charge on any atom is 0.308 e. The Kier molecular flexibility index (Phi) is 5.12. The van der Waals surface area contributed by atoms with Crippen molar-refractivity contribution in [3.8, 4) is 0 Å². The third-order valence-electron chi connectivity index (χ3n) is 2.52. The normalized spacial score (nSPS) is 14.1. The van der Waals surface area contributed by atoms with E-state index in [9.17, 15) is 4.79 Å². The Bertz CT molecular complexity index is 353. The molecule has 0 fully saturated rings. The van der Waals surface area contributed by atoms with Gasteiger partial charge >= 0.3 is 5.97 Å². The molecule has 1 aromatic carbocycles. The molecule has 0 aromatic heterocycles. The van der Waals surface area contributed by atoms with Gasteiger partial charge in [-0.3, -0.25) is 4.79 Å². The molecule has 2 N–H and O–H groups in total. The number of benzene rings is 1. The summed E-state index contributed by atoms with van der Waals surface area (Å²) in [6.45, 7) is 2.40. The van der Waals surface area contributed by atoms with E-state index in [1.54, 1.807) is 14.0 Å². The van der Waals surface area contributed by atoms with Gasteiger partial charge in [0.2, 0.25) is 0 Å². The number of methoxy groups -OCH3 is 1. The molecule has 0 aliphatic carbocycles. The lowest BCUT2D eigenvalue weighted by molar-refractivity contribution is -0.145. The number of carbonyl (C=O) groups is 1. The molecule has 0 aliphatic heterocycles. The van der Waals surface area contributed by atoms with E-state index in [0.29, 0.717) is 6.61 Å². The molecule has 0 heterocycles. The molecule has 0 amide bonds. The Morgan fingerprint density at radius 2 is 2.00 bits per heavy atom. The first-order valence-electron chi connectivity index (χ1n) is 5.61. The number of nitrogens with two attached hydrogens (primary N) is 1. The zero-order valence-corrected chi connectivity index (χ0v) is 10.3. The Morgan fingerprint density at radius 1 is 1.35 bits per heavy atom. The van der Waals surface area contributed by atoms with Crippen LogP contribution in [0.4, 0.5) is 0 Å². The minimum atomic E-state index is -0.831. The van der Waals surface area contributed by atoms with Crippen LogP contribution in [0.3, 0.4) is 0 Å². The zero-order chi connectivity index (χ0) is 12.7. The van der Waals surface area contributed by atoms with E-state index in [1.165, 1.54) is 0 Å². The minimum absolute atomic E-state index is 0.110. The van der Waals surface area contributed by atoms with Crippen molar-refractivity contribution in [1.29, 1.82) is 0 Å². The van der Waals surface area contributed by atoms with Crippen molar-refractivity contribution >= 4 is 5.97 Å². The molecule has 4 heteroatoms. The van der Waals surface area contributed by atoms with E-state index < -0.39 is 5.54 Å². The average Bonchev–Trinajstić information content (AvgIpc) is 2.30. The summed E-state index contributed by atoms with van der Waals surface area (Å²) in [5.41, 5.74) is 6.27. The maximum absolute atomic E-state index is 11.5. The van der Waals surface area contributed by atoms with Crippen LogP contribution in [-0.2, 0) is 19.8 Å². The molecule has 0 aliphatic rings. The molecule has 0 bridgehead atoms. The van der Waals surface area contributed by atoms with E-state index in [0.717, 1.165) is 5.56 Å². The van der Waals surface area contributed by atoms with E-state index in [2.05, 4.69) is 0 Å². The predicted octanol–water partition coefficient (Wildman–Crippen LogP) is 1.44. The van der Waals surface area contributed by atoms with Crippen molar-refractivity contribution in [2.45, 2.75) is 18.9 Å². The van der Waals surface area contributed by atoms with Crippen molar-refractivity contribution in [1.82, 2.24) is 0 Å². The highest BCUT2D eigenvalue weighted by Crippen LogP contribution is 2.23. The van der Waals surface area contributed by atoms with Gasteiger partial charge in [-0.1, -0.05) is 30.3 Å². The lowest BCUT2D eigenvalue weighted by Gasteiger charge is -2.28. The number of rotatable bonds is 6. The van der Waals surface area contributed by atoms with Gasteiger partial charge in [0, 0.05) is 7.11 Å². The summed E-state index contributed by atoms with van der Waals surface area (Å²) in [7, 11) is 1.57. The minimum Gasteiger partial charge on any atom is -0.466 e.